The van der Waals surface area contributed by atoms with Crippen LogP contribution in [0.5, 0.6) is 0 Å². The summed E-state index contributed by atoms with van der Waals surface area (Å²) in [5, 5.41) is 3.59. The summed E-state index contributed by atoms with van der Waals surface area (Å²) in [5.74, 6) is -1.09. The normalized spacial score (nSPS) is 13.1. The Morgan fingerprint density at radius 3 is 2.36 bits per heavy atom. The molecule has 0 saturated heterocycles. The van der Waals surface area contributed by atoms with Crippen LogP contribution < -0.4 is 10.9 Å². The van der Waals surface area contributed by atoms with E-state index in [0.29, 0.717) is 27.9 Å². The van der Waals surface area contributed by atoms with Gasteiger partial charge < -0.3 is 10.3 Å². The van der Waals surface area contributed by atoms with E-state index in [-0.39, 0.29) is 36.2 Å². The number of aryl methyl sites for hydroxylation is 1. The fourth-order valence-electron chi connectivity index (χ4n) is 3.27. The smallest absolute Gasteiger partial charge is 0.261 e. The van der Waals surface area contributed by atoms with Crippen LogP contribution in [0.25, 0.3) is 10.9 Å². The number of nitrogens with one attached hydrogen (secondary N) is 2. The first-order chi connectivity index (χ1) is 13.4. The van der Waals surface area contributed by atoms with Crippen molar-refractivity contribution < 1.29 is 14.4 Å². The number of nitrogens with zero attached hydrogens (tertiary/aromatic N) is 1. The van der Waals surface area contributed by atoms with Gasteiger partial charge in [-0.15, -0.1) is 0 Å². The molecule has 2 N–H and O–H groups in total. The van der Waals surface area contributed by atoms with Gasteiger partial charge in [-0.05, 0) is 42.6 Å². The Morgan fingerprint density at radius 1 is 1.00 bits per heavy atom. The maximum atomic E-state index is 12.3. The highest BCUT2D eigenvalue weighted by molar-refractivity contribution is 6.21. The molecule has 0 saturated carbocycles. The lowest BCUT2D eigenvalue weighted by Crippen LogP contribution is -2.32. The first-order valence-electron chi connectivity index (χ1n) is 8.83. The number of rotatable bonds is 4. The zero-order valence-electron chi connectivity index (χ0n) is 15.1. The summed E-state index contributed by atoms with van der Waals surface area (Å²) in [6, 6.07) is 13.6. The molecule has 7 nitrogen and oxygen atoms in total. The van der Waals surface area contributed by atoms with E-state index in [1.165, 1.54) is 0 Å². The molecule has 0 unspecified atom stereocenters. The second-order valence-electron chi connectivity index (χ2n) is 6.69. The van der Waals surface area contributed by atoms with Crippen LogP contribution in [0.2, 0.25) is 0 Å². The molecule has 140 valence electrons. The highest BCUT2D eigenvalue weighted by Gasteiger charge is 2.34. The molecule has 7 heteroatoms. The van der Waals surface area contributed by atoms with Crippen molar-refractivity contribution in [2.24, 2.45) is 0 Å². The van der Waals surface area contributed by atoms with E-state index >= 15 is 0 Å². The Morgan fingerprint density at radius 2 is 1.68 bits per heavy atom. The third-order valence-corrected chi connectivity index (χ3v) is 4.76. The molecule has 0 radical (unpaired) electrons. The van der Waals surface area contributed by atoms with Crippen molar-refractivity contribution in [1.29, 1.82) is 0 Å². The van der Waals surface area contributed by atoms with E-state index in [2.05, 4.69) is 10.3 Å². The quantitative estimate of drug-likeness (QED) is 0.684. The molecule has 1 aliphatic heterocycles. The van der Waals surface area contributed by atoms with Crippen LogP contribution >= 0.6 is 0 Å². The number of carbonyl (C=O) groups excluding carboxylic acids is 3. The monoisotopic (exact) mass is 375 g/mol. The minimum absolute atomic E-state index is 0.00177. The van der Waals surface area contributed by atoms with Gasteiger partial charge in [0.25, 0.3) is 17.4 Å². The fraction of sp³-hybridized carbons (Fsp3) is 0.143. The number of carbonyl (C=O) groups is 3. The first-order valence-corrected chi connectivity index (χ1v) is 8.83. The van der Waals surface area contributed by atoms with Crippen LogP contribution in [0.15, 0.2) is 53.3 Å². The molecule has 1 aliphatic rings. The van der Waals surface area contributed by atoms with Crippen LogP contribution in [0, 0.1) is 6.92 Å². The Kier molecular flexibility index (Phi) is 4.27. The summed E-state index contributed by atoms with van der Waals surface area (Å²) in [7, 11) is 0. The molecule has 2 heterocycles. The van der Waals surface area contributed by atoms with E-state index in [9.17, 15) is 19.2 Å². The van der Waals surface area contributed by atoms with Crippen LogP contribution in [0.1, 0.15) is 32.7 Å². The van der Waals surface area contributed by atoms with Gasteiger partial charge in [-0.1, -0.05) is 18.2 Å². The zero-order chi connectivity index (χ0) is 19.8. The summed E-state index contributed by atoms with van der Waals surface area (Å²) in [6.07, 6.45) is -0.0199. The number of aromatic nitrogens is 1. The van der Waals surface area contributed by atoms with Gasteiger partial charge in [-0.2, -0.15) is 0 Å². The number of benzene rings is 2. The largest absolute Gasteiger partial charge is 0.326 e. The van der Waals surface area contributed by atoms with Crippen molar-refractivity contribution in [3.8, 4) is 0 Å². The second kappa shape index (κ2) is 6.77. The topological polar surface area (TPSA) is 99.3 Å². The van der Waals surface area contributed by atoms with E-state index in [4.69, 9.17) is 0 Å². The zero-order valence-corrected chi connectivity index (χ0v) is 15.1. The molecule has 3 aromatic rings. The van der Waals surface area contributed by atoms with Crippen molar-refractivity contribution >= 4 is 34.3 Å². The van der Waals surface area contributed by atoms with Crippen molar-refractivity contribution in [2.75, 3.05) is 11.9 Å². The molecule has 28 heavy (non-hydrogen) atoms. The summed E-state index contributed by atoms with van der Waals surface area (Å²) in [4.78, 5) is 52.5. The minimum atomic E-state index is -0.382. The van der Waals surface area contributed by atoms with Crippen molar-refractivity contribution in [1.82, 2.24) is 9.88 Å². The first kappa shape index (κ1) is 17.7. The van der Waals surface area contributed by atoms with Gasteiger partial charge in [0.05, 0.1) is 16.6 Å². The van der Waals surface area contributed by atoms with Gasteiger partial charge in [-0.25, -0.2) is 0 Å². The molecule has 2 aromatic carbocycles. The number of hydrogen-bond acceptors (Lipinski definition) is 4. The number of hydrogen-bond donors (Lipinski definition) is 2. The number of H-pyrrole nitrogens is 1. The number of anilines is 1. The maximum Gasteiger partial charge on any atom is 0.261 e. The summed E-state index contributed by atoms with van der Waals surface area (Å²) >= 11 is 0. The molecule has 3 amide bonds. The van der Waals surface area contributed by atoms with Crippen LogP contribution in [-0.2, 0) is 4.79 Å². The molecule has 0 bridgehead atoms. The summed E-state index contributed by atoms with van der Waals surface area (Å²) in [6.45, 7) is 1.73. The number of pyridine rings is 1. The third kappa shape index (κ3) is 3.07. The molecular weight excluding hydrogens is 358 g/mol. The molecule has 0 fully saturated rings. The second-order valence-corrected chi connectivity index (χ2v) is 6.69. The Labute approximate surface area is 160 Å². The van der Waals surface area contributed by atoms with E-state index in [1.54, 1.807) is 55.5 Å². The average molecular weight is 375 g/mol. The van der Waals surface area contributed by atoms with Crippen LogP contribution in [-0.4, -0.2) is 34.2 Å². The number of aromatic amines is 1. The Bertz CT molecular complexity index is 1160. The van der Waals surface area contributed by atoms with E-state index in [1.807, 2.05) is 0 Å². The number of fused-ring (bicyclic) bond motifs is 2. The van der Waals surface area contributed by atoms with Gasteiger partial charge >= 0.3 is 0 Å². The highest BCUT2D eigenvalue weighted by atomic mass is 16.2. The number of imide groups is 1. The SMILES string of the molecule is Cc1cc2ccc(NC(=O)CCN3C(=O)c4ccccc4C3=O)cc2[nH]c1=O. The van der Waals surface area contributed by atoms with Crippen molar-refractivity contribution in [2.45, 2.75) is 13.3 Å². The molecule has 1 aromatic heterocycles. The van der Waals surface area contributed by atoms with Gasteiger partial charge in [0, 0.05) is 24.2 Å². The Balaban J connectivity index is 1.43. The number of amides is 3. The molecule has 4 rings (SSSR count). The average Bonchev–Trinajstić information content (AvgIpc) is 2.92. The maximum absolute atomic E-state index is 12.3. The highest BCUT2D eigenvalue weighted by Crippen LogP contribution is 2.22. The summed E-state index contributed by atoms with van der Waals surface area (Å²) in [5.41, 5.74) is 2.31. The summed E-state index contributed by atoms with van der Waals surface area (Å²) < 4.78 is 0. The van der Waals surface area contributed by atoms with Crippen LogP contribution in [0.3, 0.4) is 0 Å². The van der Waals surface area contributed by atoms with Crippen LogP contribution in [0.4, 0.5) is 5.69 Å². The van der Waals surface area contributed by atoms with Gasteiger partial charge in [0.15, 0.2) is 0 Å². The standard InChI is InChI=1S/C21H17N3O4/c1-12-10-13-6-7-14(11-17(13)23-19(12)26)22-18(25)8-9-24-20(27)15-4-2-3-5-16(15)21(24)28/h2-7,10-11H,8-9H2,1H3,(H,22,25)(H,23,26). The fourth-order valence-corrected chi connectivity index (χ4v) is 3.27. The lowest BCUT2D eigenvalue weighted by Gasteiger charge is -2.13. The van der Waals surface area contributed by atoms with E-state index < -0.39 is 0 Å². The Hall–Kier alpha value is -3.74. The molecule has 0 atom stereocenters. The van der Waals surface area contributed by atoms with Gasteiger partial charge in [0.1, 0.15) is 0 Å². The third-order valence-electron chi connectivity index (χ3n) is 4.76. The predicted molar refractivity (Wildman–Crippen MR) is 104 cm³/mol. The molecule has 0 aliphatic carbocycles. The van der Waals surface area contributed by atoms with Crippen molar-refractivity contribution in [3.63, 3.8) is 0 Å². The molecule has 0 spiro atoms. The minimum Gasteiger partial charge on any atom is -0.326 e. The van der Waals surface area contributed by atoms with Gasteiger partial charge in [0.2, 0.25) is 5.91 Å². The van der Waals surface area contributed by atoms with E-state index in [0.717, 1.165) is 10.3 Å². The lowest BCUT2D eigenvalue weighted by atomic mass is 10.1. The lowest BCUT2D eigenvalue weighted by molar-refractivity contribution is -0.116. The van der Waals surface area contributed by atoms with Crippen molar-refractivity contribution in [3.05, 3.63) is 75.6 Å². The van der Waals surface area contributed by atoms with Gasteiger partial charge in [-0.3, -0.25) is 24.1 Å². The predicted octanol–water partition coefficient (Wildman–Crippen LogP) is 2.46. The molecular formula is C21H17N3O4.